The minimum absolute atomic E-state index is 0.228. The van der Waals surface area contributed by atoms with Crippen molar-refractivity contribution in [1.29, 1.82) is 0 Å². The topological polar surface area (TPSA) is 24.9 Å². The Balaban J connectivity index is 1.79. The van der Waals surface area contributed by atoms with Crippen LogP contribution in [0.5, 0.6) is 0 Å². The molecule has 3 rings (SSSR count). The van der Waals surface area contributed by atoms with E-state index in [1.54, 1.807) is 12.1 Å². The van der Waals surface area contributed by atoms with Gasteiger partial charge in [0.05, 0.1) is 16.1 Å². The van der Waals surface area contributed by atoms with Crippen molar-refractivity contribution in [3.05, 3.63) is 70.7 Å². The third-order valence-electron chi connectivity index (χ3n) is 3.41. The van der Waals surface area contributed by atoms with E-state index in [-0.39, 0.29) is 11.6 Å². The maximum absolute atomic E-state index is 12.8. The molecule has 2 nitrogen and oxygen atoms in total. The molecule has 0 saturated heterocycles. The third kappa shape index (κ3) is 3.56. The van der Waals surface area contributed by atoms with Crippen molar-refractivity contribution < 1.29 is 13.2 Å². The summed E-state index contributed by atoms with van der Waals surface area (Å²) >= 11 is 5.61. The molecule has 1 N–H and O–H groups in total. The van der Waals surface area contributed by atoms with Gasteiger partial charge in [-0.15, -0.1) is 0 Å². The summed E-state index contributed by atoms with van der Waals surface area (Å²) in [6, 6.07) is 15.2. The summed E-state index contributed by atoms with van der Waals surface area (Å²) in [6.07, 6.45) is -4.46. The number of hydrogen-bond donors (Lipinski definition) is 1. The SMILES string of the molecule is FC(F)(F)c1cc(CNc2ccc3ccccc3n2)ccc1Cl. The van der Waals surface area contributed by atoms with Crippen LogP contribution in [-0.2, 0) is 12.7 Å². The number of nitrogens with zero attached hydrogens (tertiary/aromatic N) is 1. The minimum atomic E-state index is -4.46. The van der Waals surface area contributed by atoms with Crippen LogP contribution in [0.15, 0.2) is 54.6 Å². The van der Waals surface area contributed by atoms with Crippen LogP contribution >= 0.6 is 11.6 Å². The number of halogens is 4. The Hall–Kier alpha value is -2.27. The second-order valence-electron chi connectivity index (χ2n) is 5.05. The molecule has 6 heteroatoms. The summed E-state index contributed by atoms with van der Waals surface area (Å²) in [5.74, 6) is 0.604. The van der Waals surface area contributed by atoms with Crippen LogP contribution in [-0.4, -0.2) is 4.98 Å². The van der Waals surface area contributed by atoms with Gasteiger partial charge in [0.15, 0.2) is 0 Å². The molecule has 0 aliphatic rings. The predicted molar refractivity (Wildman–Crippen MR) is 85.5 cm³/mol. The van der Waals surface area contributed by atoms with Crippen LogP contribution in [0.2, 0.25) is 5.02 Å². The highest BCUT2D eigenvalue weighted by Gasteiger charge is 2.33. The number of benzene rings is 2. The number of rotatable bonds is 3. The maximum Gasteiger partial charge on any atom is 0.417 e. The molecule has 0 unspecified atom stereocenters. The second-order valence-corrected chi connectivity index (χ2v) is 5.46. The smallest absolute Gasteiger partial charge is 0.366 e. The van der Waals surface area contributed by atoms with Crippen LogP contribution in [0.4, 0.5) is 19.0 Å². The monoisotopic (exact) mass is 336 g/mol. The van der Waals surface area contributed by atoms with E-state index >= 15 is 0 Å². The molecular formula is C17H12ClF3N2. The lowest BCUT2D eigenvalue weighted by Gasteiger charge is -2.12. The summed E-state index contributed by atoms with van der Waals surface area (Å²) in [6.45, 7) is 0.228. The van der Waals surface area contributed by atoms with Crippen molar-refractivity contribution >= 4 is 28.3 Å². The van der Waals surface area contributed by atoms with E-state index in [4.69, 9.17) is 11.6 Å². The first kappa shape index (κ1) is 15.6. The predicted octanol–water partition coefficient (Wildman–Crippen LogP) is 5.52. The summed E-state index contributed by atoms with van der Waals surface area (Å²) in [5, 5.41) is 3.73. The summed E-state index contributed by atoms with van der Waals surface area (Å²) < 4.78 is 38.5. The first-order valence-corrected chi connectivity index (χ1v) is 7.26. The average Bonchev–Trinajstić information content (AvgIpc) is 2.53. The van der Waals surface area contributed by atoms with Gasteiger partial charge >= 0.3 is 6.18 Å². The number of aromatic nitrogens is 1. The first-order valence-electron chi connectivity index (χ1n) is 6.89. The van der Waals surface area contributed by atoms with Crippen molar-refractivity contribution in [2.24, 2.45) is 0 Å². The van der Waals surface area contributed by atoms with Gasteiger partial charge in [-0.3, -0.25) is 0 Å². The highest BCUT2D eigenvalue weighted by molar-refractivity contribution is 6.31. The molecule has 2 aromatic carbocycles. The van der Waals surface area contributed by atoms with Crippen LogP contribution < -0.4 is 5.32 Å². The Morgan fingerprint density at radius 1 is 1.00 bits per heavy atom. The van der Waals surface area contributed by atoms with Gasteiger partial charge in [-0.25, -0.2) is 4.98 Å². The van der Waals surface area contributed by atoms with Crippen LogP contribution in [0.25, 0.3) is 10.9 Å². The lowest BCUT2D eigenvalue weighted by atomic mass is 10.1. The quantitative estimate of drug-likeness (QED) is 0.681. The Morgan fingerprint density at radius 3 is 2.57 bits per heavy atom. The summed E-state index contributed by atoms with van der Waals surface area (Å²) in [5.41, 5.74) is 0.478. The fourth-order valence-electron chi connectivity index (χ4n) is 2.26. The molecule has 0 spiro atoms. The molecule has 0 aliphatic heterocycles. The molecule has 0 bridgehead atoms. The van der Waals surface area contributed by atoms with Gasteiger partial charge in [0, 0.05) is 11.9 Å². The van der Waals surface area contributed by atoms with E-state index in [1.807, 2.05) is 30.3 Å². The third-order valence-corrected chi connectivity index (χ3v) is 3.74. The highest BCUT2D eigenvalue weighted by atomic mass is 35.5. The lowest BCUT2D eigenvalue weighted by Crippen LogP contribution is -2.08. The molecule has 0 amide bonds. The number of alkyl halides is 3. The maximum atomic E-state index is 12.8. The van der Waals surface area contributed by atoms with E-state index < -0.39 is 11.7 Å². The summed E-state index contributed by atoms with van der Waals surface area (Å²) in [4.78, 5) is 4.42. The average molecular weight is 337 g/mol. The van der Waals surface area contributed by atoms with Gasteiger partial charge in [0.2, 0.25) is 0 Å². The largest absolute Gasteiger partial charge is 0.417 e. The zero-order chi connectivity index (χ0) is 16.4. The highest BCUT2D eigenvalue weighted by Crippen LogP contribution is 2.35. The number of pyridine rings is 1. The van der Waals surface area contributed by atoms with Gasteiger partial charge in [0.1, 0.15) is 5.82 Å². The number of anilines is 1. The first-order chi connectivity index (χ1) is 10.9. The Bertz CT molecular complexity index is 847. The van der Waals surface area contributed by atoms with Crippen molar-refractivity contribution in [3.63, 3.8) is 0 Å². The van der Waals surface area contributed by atoms with E-state index in [0.717, 1.165) is 17.0 Å². The Labute approximate surface area is 135 Å². The van der Waals surface area contributed by atoms with Crippen molar-refractivity contribution in [1.82, 2.24) is 4.98 Å². The van der Waals surface area contributed by atoms with Crippen molar-refractivity contribution in [3.8, 4) is 0 Å². The molecule has 0 atom stereocenters. The van der Waals surface area contributed by atoms with Crippen LogP contribution in [0, 0.1) is 0 Å². The van der Waals surface area contributed by atoms with Gasteiger partial charge in [-0.2, -0.15) is 13.2 Å². The lowest BCUT2D eigenvalue weighted by molar-refractivity contribution is -0.137. The molecule has 0 fully saturated rings. The molecule has 23 heavy (non-hydrogen) atoms. The molecule has 1 heterocycles. The zero-order valence-electron chi connectivity index (χ0n) is 11.9. The standard InChI is InChI=1S/C17H12ClF3N2/c18-14-7-5-11(9-13(14)17(19,20)21)10-22-16-8-6-12-3-1-2-4-15(12)23-16/h1-9H,10H2,(H,22,23). The molecule has 1 aromatic heterocycles. The molecular weight excluding hydrogens is 325 g/mol. The summed E-state index contributed by atoms with van der Waals surface area (Å²) in [7, 11) is 0. The Morgan fingerprint density at radius 2 is 1.78 bits per heavy atom. The fourth-order valence-corrected chi connectivity index (χ4v) is 2.48. The van der Waals surface area contributed by atoms with Crippen LogP contribution in [0.3, 0.4) is 0 Å². The van der Waals surface area contributed by atoms with Gasteiger partial charge in [-0.1, -0.05) is 35.9 Å². The molecule has 3 aromatic rings. The van der Waals surface area contributed by atoms with Crippen molar-refractivity contribution in [2.45, 2.75) is 12.7 Å². The molecule has 118 valence electrons. The molecule has 0 saturated carbocycles. The van der Waals surface area contributed by atoms with Gasteiger partial charge in [-0.05, 0) is 35.9 Å². The van der Waals surface area contributed by atoms with Gasteiger partial charge < -0.3 is 5.32 Å². The van der Waals surface area contributed by atoms with E-state index in [9.17, 15) is 13.2 Å². The molecule has 0 radical (unpaired) electrons. The Kier molecular flexibility index (Phi) is 4.13. The van der Waals surface area contributed by atoms with Crippen molar-refractivity contribution in [2.75, 3.05) is 5.32 Å². The minimum Gasteiger partial charge on any atom is -0.366 e. The normalized spacial score (nSPS) is 11.7. The number of para-hydroxylation sites is 1. The zero-order valence-corrected chi connectivity index (χ0v) is 12.6. The fraction of sp³-hybridized carbons (Fsp3) is 0.118. The number of nitrogens with one attached hydrogen (secondary N) is 1. The van der Waals surface area contributed by atoms with Crippen LogP contribution in [0.1, 0.15) is 11.1 Å². The van der Waals surface area contributed by atoms with Gasteiger partial charge in [0.25, 0.3) is 0 Å². The second kappa shape index (κ2) is 6.08. The number of hydrogen-bond acceptors (Lipinski definition) is 2. The molecule has 0 aliphatic carbocycles. The van der Waals surface area contributed by atoms with E-state index in [0.29, 0.717) is 11.4 Å². The number of fused-ring (bicyclic) bond motifs is 1. The van der Waals surface area contributed by atoms with E-state index in [2.05, 4.69) is 10.3 Å². The van der Waals surface area contributed by atoms with E-state index in [1.165, 1.54) is 6.07 Å².